The van der Waals surface area contributed by atoms with E-state index in [2.05, 4.69) is 20.3 Å². The number of hydrogen-bond acceptors (Lipinski definition) is 5. The lowest BCUT2D eigenvalue weighted by atomic mass is 9.50. The summed E-state index contributed by atoms with van der Waals surface area (Å²) in [6.45, 7) is 0. The van der Waals surface area contributed by atoms with Crippen molar-refractivity contribution in [1.29, 1.82) is 0 Å². The van der Waals surface area contributed by atoms with Crippen LogP contribution in [0.5, 0.6) is 0 Å². The monoisotopic (exact) mass is 490 g/mol. The number of sulfonamides is 1. The third-order valence-corrected chi connectivity index (χ3v) is 8.24. The Bertz CT molecular complexity index is 1310. The molecule has 35 heavy (non-hydrogen) atoms. The molecule has 3 aromatic rings. The first-order valence-electron chi connectivity index (χ1n) is 11.5. The third-order valence-electron chi connectivity index (χ3n) is 6.65. The lowest BCUT2D eigenvalue weighted by Crippen LogP contribution is -2.67. The van der Waals surface area contributed by atoms with E-state index in [1.54, 1.807) is 30.5 Å². The molecular weight excluding hydrogens is 464 g/mol. The first-order chi connectivity index (χ1) is 16.8. The van der Waals surface area contributed by atoms with Crippen molar-refractivity contribution in [3.8, 4) is 0 Å². The summed E-state index contributed by atoms with van der Waals surface area (Å²) >= 11 is 0. The fourth-order valence-corrected chi connectivity index (χ4v) is 6.12. The standard InChI is InChI=1S/C26H26N4O4S/c31-24(20-7-4-12-27-17-20)29-23(13-18-5-2-1-3-6-18)25(32)28-21-8-10-22(11-9-21)35(33,34)30-26-14-19(15-26)16-26/h1-12,17,19,23,30H,13-16H2,(H,28,32)(H,29,31). The molecule has 3 aliphatic rings. The van der Waals surface area contributed by atoms with Gasteiger partial charge < -0.3 is 10.6 Å². The van der Waals surface area contributed by atoms with Crippen LogP contribution in [0.15, 0.2) is 84.0 Å². The first kappa shape index (κ1) is 23.2. The molecule has 2 bridgehead atoms. The smallest absolute Gasteiger partial charge is 0.253 e. The number of carbonyl (C=O) groups is 2. The van der Waals surface area contributed by atoms with E-state index in [9.17, 15) is 18.0 Å². The zero-order valence-electron chi connectivity index (χ0n) is 19.0. The van der Waals surface area contributed by atoms with Gasteiger partial charge in [0, 0.05) is 30.0 Å². The Morgan fingerprint density at radius 1 is 0.971 bits per heavy atom. The van der Waals surface area contributed by atoms with Crippen molar-refractivity contribution in [2.24, 2.45) is 5.92 Å². The molecule has 1 aromatic heterocycles. The molecule has 1 unspecified atom stereocenters. The van der Waals surface area contributed by atoms with Crippen LogP contribution in [-0.2, 0) is 21.2 Å². The Hall–Kier alpha value is -3.56. The summed E-state index contributed by atoms with van der Waals surface area (Å²) in [6.07, 6.45) is 6.03. The van der Waals surface area contributed by atoms with Crippen molar-refractivity contribution < 1.29 is 18.0 Å². The summed E-state index contributed by atoms with van der Waals surface area (Å²) in [5, 5.41) is 5.58. The fourth-order valence-electron chi connectivity index (χ4n) is 4.69. The quantitative estimate of drug-likeness (QED) is 0.426. The van der Waals surface area contributed by atoms with Crippen molar-refractivity contribution in [3.05, 3.63) is 90.3 Å². The second-order valence-corrected chi connectivity index (χ2v) is 11.0. The molecule has 0 spiro atoms. The minimum atomic E-state index is -3.62. The second-order valence-electron chi connectivity index (χ2n) is 9.34. The van der Waals surface area contributed by atoms with Gasteiger partial charge in [0.25, 0.3) is 5.91 Å². The summed E-state index contributed by atoms with van der Waals surface area (Å²) in [6, 6.07) is 17.9. The molecular formula is C26H26N4O4S. The lowest BCUT2D eigenvalue weighted by Gasteiger charge is -2.61. The van der Waals surface area contributed by atoms with E-state index in [4.69, 9.17) is 0 Å². The lowest BCUT2D eigenvalue weighted by molar-refractivity contribution is -0.118. The minimum absolute atomic E-state index is 0.158. The number of nitrogens with one attached hydrogen (secondary N) is 3. The molecule has 2 aromatic carbocycles. The Balaban J connectivity index is 1.28. The number of pyridine rings is 1. The number of aromatic nitrogens is 1. The molecule has 2 amide bonds. The van der Waals surface area contributed by atoms with Crippen LogP contribution in [-0.4, -0.2) is 36.8 Å². The molecule has 1 heterocycles. The normalized spacial score (nSPS) is 21.2. The zero-order valence-corrected chi connectivity index (χ0v) is 19.8. The summed E-state index contributed by atoms with van der Waals surface area (Å²) in [5.74, 6) is -0.151. The summed E-state index contributed by atoms with van der Waals surface area (Å²) in [7, 11) is -3.62. The van der Waals surface area contributed by atoms with Crippen LogP contribution in [0.2, 0.25) is 0 Å². The van der Waals surface area contributed by atoms with Crippen molar-refractivity contribution in [2.45, 2.75) is 42.2 Å². The van der Waals surface area contributed by atoms with E-state index < -0.39 is 27.9 Å². The summed E-state index contributed by atoms with van der Waals surface area (Å²) in [4.78, 5) is 29.9. The van der Waals surface area contributed by atoms with Gasteiger partial charge in [0.1, 0.15) is 6.04 Å². The Kier molecular flexibility index (Phi) is 6.12. The van der Waals surface area contributed by atoms with Crippen LogP contribution in [0.1, 0.15) is 35.2 Å². The van der Waals surface area contributed by atoms with Gasteiger partial charge in [-0.1, -0.05) is 30.3 Å². The van der Waals surface area contributed by atoms with Gasteiger partial charge in [-0.25, -0.2) is 13.1 Å². The molecule has 9 heteroatoms. The van der Waals surface area contributed by atoms with Crippen LogP contribution in [0.3, 0.4) is 0 Å². The number of carbonyl (C=O) groups excluding carboxylic acids is 2. The Morgan fingerprint density at radius 3 is 2.29 bits per heavy atom. The Morgan fingerprint density at radius 2 is 1.69 bits per heavy atom. The highest BCUT2D eigenvalue weighted by atomic mass is 32.2. The number of rotatable bonds is 9. The van der Waals surface area contributed by atoms with Gasteiger partial charge in [-0.05, 0) is 67.1 Å². The van der Waals surface area contributed by atoms with Crippen LogP contribution < -0.4 is 15.4 Å². The van der Waals surface area contributed by atoms with Gasteiger partial charge in [0.05, 0.1) is 10.5 Å². The number of benzene rings is 2. The molecule has 0 radical (unpaired) electrons. The average molecular weight is 491 g/mol. The number of nitrogens with zero attached hydrogens (tertiary/aromatic N) is 1. The number of anilines is 1. The van der Waals surface area contributed by atoms with Crippen molar-refractivity contribution in [1.82, 2.24) is 15.0 Å². The molecule has 180 valence electrons. The maximum atomic E-state index is 13.1. The van der Waals surface area contributed by atoms with Crippen molar-refractivity contribution in [2.75, 3.05) is 5.32 Å². The predicted octanol–water partition coefficient (Wildman–Crippen LogP) is 2.89. The molecule has 3 N–H and O–H groups in total. The predicted molar refractivity (Wildman–Crippen MR) is 131 cm³/mol. The first-order valence-corrected chi connectivity index (χ1v) is 13.0. The highest BCUT2D eigenvalue weighted by Crippen LogP contribution is 2.57. The molecule has 0 aliphatic heterocycles. The van der Waals surface area contributed by atoms with Crippen LogP contribution >= 0.6 is 0 Å². The average Bonchev–Trinajstić information content (AvgIpc) is 2.82. The molecule has 3 saturated carbocycles. The molecule has 1 atom stereocenters. The van der Waals surface area contributed by atoms with Gasteiger partial charge in [0.2, 0.25) is 15.9 Å². The van der Waals surface area contributed by atoms with E-state index >= 15 is 0 Å². The second kappa shape index (κ2) is 9.24. The third kappa shape index (κ3) is 5.11. The SMILES string of the molecule is O=C(NC(Cc1ccccc1)C(=O)Nc1ccc(S(=O)(=O)NC23CC(C2)C3)cc1)c1cccnc1. The minimum Gasteiger partial charge on any atom is -0.340 e. The van der Waals surface area contributed by atoms with Crippen molar-refractivity contribution in [3.63, 3.8) is 0 Å². The maximum absolute atomic E-state index is 13.1. The van der Waals surface area contributed by atoms with Gasteiger partial charge in [0.15, 0.2) is 0 Å². The molecule has 3 aliphatic carbocycles. The van der Waals surface area contributed by atoms with Crippen molar-refractivity contribution >= 4 is 27.5 Å². The van der Waals surface area contributed by atoms with Gasteiger partial charge in [-0.2, -0.15) is 0 Å². The zero-order chi connectivity index (χ0) is 24.5. The Labute approximate surface area is 204 Å². The highest BCUT2D eigenvalue weighted by Gasteiger charge is 2.58. The van der Waals surface area contributed by atoms with E-state index in [0.717, 1.165) is 24.8 Å². The van der Waals surface area contributed by atoms with E-state index in [0.29, 0.717) is 17.2 Å². The maximum Gasteiger partial charge on any atom is 0.253 e. The largest absolute Gasteiger partial charge is 0.340 e. The molecule has 0 saturated heterocycles. The van der Waals surface area contributed by atoms with Crippen LogP contribution in [0.25, 0.3) is 0 Å². The van der Waals surface area contributed by atoms with Crippen LogP contribution in [0, 0.1) is 5.92 Å². The van der Waals surface area contributed by atoms with Gasteiger partial charge in [-0.15, -0.1) is 0 Å². The fraction of sp³-hybridized carbons (Fsp3) is 0.269. The topological polar surface area (TPSA) is 117 Å². The van der Waals surface area contributed by atoms with E-state index in [1.807, 2.05) is 30.3 Å². The molecule has 3 fully saturated rings. The van der Waals surface area contributed by atoms with Gasteiger partial charge in [-0.3, -0.25) is 14.6 Å². The van der Waals surface area contributed by atoms with E-state index in [1.165, 1.54) is 18.3 Å². The van der Waals surface area contributed by atoms with Crippen LogP contribution in [0.4, 0.5) is 5.69 Å². The number of hydrogen-bond donors (Lipinski definition) is 3. The summed E-state index contributed by atoms with van der Waals surface area (Å²) < 4.78 is 28.3. The highest BCUT2D eigenvalue weighted by molar-refractivity contribution is 7.89. The molecule has 8 nitrogen and oxygen atoms in total. The molecule has 6 rings (SSSR count). The number of amides is 2. The van der Waals surface area contributed by atoms with E-state index in [-0.39, 0.29) is 16.9 Å². The summed E-state index contributed by atoms with van der Waals surface area (Å²) in [5.41, 5.74) is 1.42. The van der Waals surface area contributed by atoms with Gasteiger partial charge >= 0.3 is 0 Å².